The molecule has 1 fully saturated rings. The Morgan fingerprint density at radius 3 is 1.81 bits per heavy atom. The van der Waals surface area contributed by atoms with E-state index in [0.29, 0.717) is 6.04 Å². The standard InChI is InChI=1S/C19H39NO/c1-4-5-6-7-8-9-10-11-12-13-15-18(20-2)19(21-3)16-14-17-19/h18,20H,4-17H2,1-3H3. The third-order valence-electron chi connectivity index (χ3n) is 5.44. The monoisotopic (exact) mass is 297 g/mol. The van der Waals surface area contributed by atoms with Gasteiger partial charge in [-0.25, -0.2) is 0 Å². The summed E-state index contributed by atoms with van der Waals surface area (Å²) in [5.41, 5.74) is 0.161. The van der Waals surface area contributed by atoms with Crippen molar-refractivity contribution in [2.24, 2.45) is 0 Å². The molecule has 0 heterocycles. The topological polar surface area (TPSA) is 21.3 Å². The molecule has 0 spiro atoms. The lowest BCUT2D eigenvalue weighted by atomic mass is 9.73. The minimum atomic E-state index is 0.161. The Hall–Kier alpha value is -0.0800. The van der Waals surface area contributed by atoms with E-state index in [9.17, 15) is 0 Å². The van der Waals surface area contributed by atoms with Crippen LogP contribution >= 0.6 is 0 Å². The van der Waals surface area contributed by atoms with Crippen molar-refractivity contribution in [1.29, 1.82) is 0 Å². The minimum absolute atomic E-state index is 0.161. The van der Waals surface area contributed by atoms with Gasteiger partial charge in [0.25, 0.3) is 0 Å². The lowest BCUT2D eigenvalue weighted by Crippen LogP contribution is -2.55. The van der Waals surface area contributed by atoms with Crippen LogP contribution in [0.1, 0.15) is 96.8 Å². The smallest absolute Gasteiger partial charge is 0.0830 e. The molecular weight excluding hydrogens is 258 g/mol. The Bertz CT molecular complexity index is 232. The molecule has 1 N–H and O–H groups in total. The fourth-order valence-corrected chi connectivity index (χ4v) is 3.73. The third-order valence-corrected chi connectivity index (χ3v) is 5.44. The second kappa shape index (κ2) is 11.5. The van der Waals surface area contributed by atoms with Gasteiger partial charge in [0, 0.05) is 13.2 Å². The predicted octanol–water partition coefficient (Wildman–Crippen LogP) is 5.45. The van der Waals surface area contributed by atoms with Gasteiger partial charge in [-0.3, -0.25) is 0 Å². The molecule has 126 valence electrons. The molecule has 0 aromatic heterocycles. The highest BCUT2D eigenvalue weighted by atomic mass is 16.5. The number of unbranched alkanes of at least 4 members (excludes halogenated alkanes) is 9. The van der Waals surface area contributed by atoms with Gasteiger partial charge in [0.1, 0.15) is 0 Å². The lowest BCUT2D eigenvalue weighted by molar-refractivity contribution is -0.0988. The molecule has 0 saturated heterocycles. The molecule has 1 aliphatic carbocycles. The zero-order valence-electron chi connectivity index (χ0n) is 14.9. The predicted molar refractivity (Wildman–Crippen MR) is 92.9 cm³/mol. The summed E-state index contributed by atoms with van der Waals surface area (Å²) in [5, 5.41) is 3.50. The molecule has 0 bridgehead atoms. The van der Waals surface area contributed by atoms with Crippen molar-refractivity contribution in [3.63, 3.8) is 0 Å². The first-order chi connectivity index (χ1) is 10.3. The fourth-order valence-electron chi connectivity index (χ4n) is 3.73. The van der Waals surface area contributed by atoms with Gasteiger partial charge in [-0.05, 0) is 32.7 Å². The van der Waals surface area contributed by atoms with E-state index >= 15 is 0 Å². The van der Waals surface area contributed by atoms with E-state index in [0.717, 1.165) is 0 Å². The minimum Gasteiger partial charge on any atom is -0.377 e. The summed E-state index contributed by atoms with van der Waals surface area (Å²) in [7, 11) is 3.99. The summed E-state index contributed by atoms with van der Waals surface area (Å²) in [6.45, 7) is 2.29. The van der Waals surface area contributed by atoms with Gasteiger partial charge in [0.2, 0.25) is 0 Å². The Morgan fingerprint density at radius 2 is 1.43 bits per heavy atom. The fraction of sp³-hybridized carbons (Fsp3) is 1.00. The highest BCUT2D eigenvalue weighted by molar-refractivity contribution is 4.99. The van der Waals surface area contributed by atoms with Crippen molar-refractivity contribution in [3.05, 3.63) is 0 Å². The first-order valence-corrected chi connectivity index (χ1v) is 9.51. The van der Waals surface area contributed by atoms with Crippen LogP contribution in [0.15, 0.2) is 0 Å². The SMILES string of the molecule is CCCCCCCCCCCCC(NC)C1(OC)CCC1. The number of ether oxygens (including phenoxy) is 1. The van der Waals surface area contributed by atoms with Gasteiger partial charge < -0.3 is 10.1 Å². The molecule has 1 atom stereocenters. The molecule has 0 aromatic rings. The third kappa shape index (κ3) is 6.69. The molecular formula is C19H39NO. The van der Waals surface area contributed by atoms with E-state index < -0.39 is 0 Å². The van der Waals surface area contributed by atoms with Crippen molar-refractivity contribution in [2.75, 3.05) is 14.2 Å². The van der Waals surface area contributed by atoms with Crippen LogP contribution in [0.2, 0.25) is 0 Å². The van der Waals surface area contributed by atoms with Crippen LogP contribution < -0.4 is 5.32 Å². The maximum Gasteiger partial charge on any atom is 0.0830 e. The second-order valence-corrected chi connectivity index (χ2v) is 6.93. The summed E-state index contributed by atoms with van der Waals surface area (Å²) in [6.07, 6.45) is 19.3. The number of nitrogens with one attached hydrogen (secondary N) is 1. The van der Waals surface area contributed by atoms with E-state index in [1.165, 1.54) is 89.9 Å². The average molecular weight is 298 g/mol. The van der Waals surface area contributed by atoms with E-state index in [4.69, 9.17) is 4.74 Å². The Morgan fingerprint density at radius 1 is 0.905 bits per heavy atom. The molecule has 0 aliphatic heterocycles. The summed E-state index contributed by atoms with van der Waals surface area (Å²) < 4.78 is 5.81. The molecule has 1 rings (SSSR count). The maximum atomic E-state index is 5.81. The van der Waals surface area contributed by atoms with Crippen LogP contribution in [0.3, 0.4) is 0 Å². The zero-order valence-corrected chi connectivity index (χ0v) is 14.9. The molecule has 0 radical (unpaired) electrons. The number of rotatable bonds is 14. The molecule has 0 aromatic carbocycles. The number of likely N-dealkylation sites (N-methyl/N-ethyl adjacent to an activating group) is 1. The van der Waals surface area contributed by atoms with E-state index in [-0.39, 0.29) is 5.60 Å². The van der Waals surface area contributed by atoms with Gasteiger partial charge in [-0.2, -0.15) is 0 Å². The van der Waals surface area contributed by atoms with Gasteiger partial charge >= 0.3 is 0 Å². The van der Waals surface area contributed by atoms with Gasteiger partial charge in [-0.15, -0.1) is 0 Å². The van der Waals surface area contributed by atoms with Crippen LogP contribution in [0.5, 0.6) is 0 Å². The van der Waals surface area contributed by atoms with Crippen LogP contribution in [-0.4, -0.2) is 25.8 Å². The normalized spacial score (nSPS) is 18.4. The van der Waals surface area contributed by atoms with E-state index in [1.807, 2.05) is 7.11 Å². The van der Waals surface area contributed by atoms with Crippen LogP contribution in [-0.2, 0) is 4.74 Å². The van der Waals surface area contributed by atoms with Crippen molar-refractivity contribution in [2.45, 2.75) is 108 Å². The van der Waals surface area contributed by atoms with Crippen molar-refractivity contribution >= 4 is 0 Å². The molecule has 2 heteroatoms. The Kier molecular flexibility index (Phi) is 10.4. The summed E-state index contributed by atoms with van der Waals surface area (Å²) >= 11 is 0. The van der Waals surface area contributed by atoms with Crippen molar-refractivity contribution in [3.8, 4) is 0 Å². The lowest BCUT2D eigenvalue weighted by Gasteiger charge is -2.46. The van der Waals surface area contributed by atoms with Crippen LogP contribution in [0.25, 0.3) is 0 Å². The number of hydrogen-bond donors (Lipinski definition) is 1. The molecule has 21 heavy (non-hydrogen) atoms. The average Bonchev–Trinajstić information content (AvgIpc) is 2.46. The number of hydrogen-bond acceptors (Lipinski definition) is 2. The molecule has 1 unspecified atom stereocenters. The van der Waals surface area contributed by atoms with Gasteiger partial charge in [-0.1, -0.05) is 71.1 Å². The summed E-state index contributed by atoms with van der Waals surface area (Å²) in [5.74, 6) is 0. The first kappa shape index (κ1) is 19.0. The number of methoxy groups -OCH3 is 1. The Balaban J connectivity index is 1.95. The van der Waals surface area contributed by atoms with Crippen LogP contribution in [0, 0.1) is 0 Å². The van der Waals surface area contributed by atoms with E-state index in [2.05, 4.69) is 19.3 Å². The van der Waals surface area contributed by atoms with Crippen LogP contribution in [0.4, 0.5) is 0 Å². The summed E-state index contributed by atoms with van der Waals surface area (Å²) in [4.78, 5) is 0. The highest BCUT2D eigenvalue weighted by Crippen LogP contribution is 2.39. The largest absolute Gasteiger partial charge is 0.377 e. The molecule has 1 saturated carbocycles. The maximum absolute atomic E-state index is 5.81. The van der Waals surface area contributed by atoms with E-state index in [1.54, 1.807) is 0 Å². The van der Waals surface area contributed by atoms with Crippen molar-refractivity contribution < 1.29 is 4.74 Å². The highest BCUT2D eigenvalue weighted by Gasteiger charge is 2.43. The summed E-state index contributed by atoms with van der Waals surface area (Å²) in [6, 6.07) is 0.560. The molecule has 0 amide bonds. The van der Waals surface area contributed by atoms with Crippen molar-refractivity contribution in [1.82, 2.24) is 5.32 Å². The quantitative estimate of drug-likeness (QED) is 0.430. The van der Waals surface area contributed by atoms with Gasteiger partial charge in [0.15, 0.2) is 0 Å². The first-order valence-electron chi connectivity index (χ1n) is 9.51. The Labute approximate surface area is 133 Å². The second-order valence-electron chi connectivity index (χ2n) is 6.93. The molecule has 1 aliphatic rings. The van der Waals surface area contributed by atoms with Gasteiger partial charge in [0.05, 0.1) is 5.60 Å². The molecule has 2 nitrogen and oxygen atoms in total. The zero-order chi connectivity index (χ0) is 15.4.